The molecule has 0 heterocycles. The van der Waals surface area contributed by atoms with E-state index < -0.39 is 0 Å². The average molecular weight is 186 g/mol. The van der Waals surface area contributed by atoms with Crippen LogP contribution >= 0.6 is 0 Å². The van der Waals surface area contributed by atoms with Gasteiger partial charge in [-0.1, -0.05) is 20.3 Å². The van der Waals surface area contributed by atoms with Gasteiger partial charge in [0.1, 0.15) is 6.61 Å². The van der Waals surface area contributed by atoms with E-state index in [9.17, 15) is 4.79 Å². The van der Waals surface area contributed by atoms with Crippen molar-refractivity contribution in [3.05, 3.63) is 0 Å². The van der Waals surface area contributed by atoms with Crippen LogP contribution in [-0.2, 0) is 9.53 Å². The largest absolute Gasteiger partial charge is 0.368 e. The van der Waals surface area contributed by atoms with Crippen LogP contribution in [0.15, 0.2) is 0 Å². The molecule has 0 aliphatic heterocycles. The van der Waals surface area contributed by atoms with Crippen LogP contribution in [0, 0.1) is 5.92 Å². The molecule has 0 rings (SSSR count). The first-order valence-corrected chi connectivity index (χ1v) is 5.00. The predicted molar refractivity (Wildman–Crippen MR) is 54.8 cm³/mol. The predicted octanol–water partition coefficient (Wildman–Crippen LogP) is 2.81. The molecule has 0 saturated carbocycles. The van der Waals surface area contributed by atoms with Gasteiger partial charge in [0.05, 0.1) is 5.60 Å². The Balaban J connectivity index is 3.64. The van der Waals surface area contributed by atoms with Crippen LogP contribution in [0.4, 0.5) is 0 Å². The van der Waals surface area contributed by atoms with Gasteiger partial charge in [0, 0.05) is 6.42 Å². The topological polar surface area (TPSA) is 26.3 Å². The molecule has 0 fully saturated rings. The molecule has 0 spiro atoms. The molecule has 0 radical (unpaired) electrons. The summed E-state index contributed by atoms with van der Waals surface area (Å²) in [5, 5.41) is 0. The van der Waals surface area contributed by atoms with Crippen molar-refractivity contribution in [3.63, 3.8) is 0 Å². The van der Waals surface area contributed by atoms with E-state index in [1.807, 2.05) is 20.8 Å². The molecule has 0 N–H and O–H groups in total. The van der Waals surface area contributed by atoms with Gasteiger partial charge in [0.15, 0.2) is 5.78 Å². The normalized spacial score (nSPS) is 14.2. The van der Waals surface area contributed by atoms with Gasteiger partial charge >= 0.3 is 0 Å². The van der Waals surface area contributed by atoms with Crippen molar-refractivity contribution in [1.29, 1.82) is 0 Å². The highest BCUT2D eigenvalue weighted by atomic mass is 16.5. The molecule has 0 aromatic heterocycles. The van der Waals surface area contributed by atoms with Crippen molar-refractivity contribution >= 4 is 5.78 Å². The molecule has 0 saturated heterocycles. The molecule has 1 atom stereocenters. The van der Waals surface area contributed by atoms with Crippen LogP contribution in [0.25, 0.3) is 0 Å². The Morgan fingerprint density at radius 1 is 1.38 bits per heavy atom. The summed E-state index contributed by atoms with van der Waals surface area (Å²) in [6.45, 7) is 10.3. The van der Waals surface area contributed by atoms with E-state index in [0.717, 1.165) is 6.42 Å². The number of ether oxygens (including phenoxy) is 1. The van der Waals surface area contributed by atoms with Crippen molar-refractivity contribution in [2.24, 2.45) is 5.92 Å². The molecule has 0 amide bonds. The average Bonchev–Trinajstić information content (AvgIpc) is 1.99. The maximum atomic E-state index is 11.3. The second-order valence-electron chi connectivity index (χ2n) is 4.66. The van der Waals surface area contributed by atoms with Gasteiger partial charge in [0.2, 0.25) is 0 Å². The van der Waals surface area contributed by atoms with Gasteiger partial charge in [-0.15, -0.1) is 0 Å². The van der Waals surface area contributed by atoms with Crippen LogP contribution in [0.5, 0.6) is 0 Å². The zero-order chi connectivity index (χ0) is 10.5. The third kappa shape index (κ3) is 7.97. The number of ketones is 1. The fraction of sp³-hybridized carbons (Fsp3) is 0.909. The van der Waals surface area contributed by atoms with Crippen LogP contribution in [0.3, 0.4) is 0 Å². The van der Waals surface area contributed by atoms with Gasteiger partial charge in [-0.3, -0.25) is 4.79 Å². The van der Waals surface area contributed by atoms with Crippen molar-refractivity contribution in [3.8, 4) is 0 Å². The maximum Gasteiger partial charge on any atom is 0.158 e. The molecule has 13 heavy (non-hydrogen) atoms. The standard InChI is InChI=1S/C11H22O2/c1-6-9(2)7-10(12)8-13-11(3,4)5/h9H,6-8H2,1-5H3. The molecule has 78 valence electrons. The Morgan fingerprint density at radius 2 is 1.92 bits per heavy atom. The first kappa shape index (κ1) is 12.6. The summed E-state index contributed by atoms with van der Waals surface area (Å²) < 4.78 is 5.39. The SMILES string of the molecule is CCC(C)CC(=O)COC(C)(C)C. The van der Waals surface area contributed by atoms with Crippen LogP contribution in [0.1, 0.15) is 47.5 Å². The zero-order valence-corrected chi connectivity index (χ0v) is 9.52. The van der Waals surface area contributed by atoms with E-state index in [2.05, 4.69) is 13.8 Å². The Hall–Kier alpha value is -0.370. The summed E-state index contributed by atoms with van der Waals surface area (Å²) >= 11 is 0. The highest BCUT2D eigenvalue weighted by Crippen LogP contribution is 2.10. The van der Waals surface area contributed by atoms with Crippen molar-refractivity contribution in [2.45, 2.75) is 53.1 Å². The van der Waals surface area contributed by atoms with Crippen LogP contribution < -0.4 is 0 Å². The van der Waals surface area contributed by atoms with E-state index in [4.69, 9.17) is 4.74 Å². The summed E-state index contributed by atoms with van der Waals surface area (Å²) in [5.74, 6) is 0.695. The molecule has 0 aliphatic rings. The van der Waals surface area contributed by atoms with Crippen molar-refractivity contribution in [2.75, 3.05) is 6.61 Å². The molecular weight excluding hydrogens is 164 g/mol. The monoisotopic (exact) mass is 186 g/mol. The number of rotatable bonds is 5. The smallest absolute Gasteiger partial charge is 0.158 e. The fourth-order valence-corrected chi connectivity index (χ4v) is 0.889. The minimum Gasteiger partial charge on any atom is -0.368 e. The maximum absolute atomic E-state index is 11.3. The summed E-state index contributed by atoms with van der Waals surface area (Å²) in [6.07, 6.45) is 1.70. The molecule has 0 bridgehead atoms. The number of Topliss-reactive ketones (excluding diaryl/α,β-unsaturated/α-hetero) is 1. The van der Waals surface area contributed by atoms with E-state index in [0.29, 0.717) is 12.3 Å². The van der Waals surface area contributed by atoms with E-state index in [-0.39, 0.29) is 18.0 Å². The van der Waals surface area contributed by atoms with Crippen molar-refractivity contribution in [1.82, 2.24) is 0 Å². The van der Waals surface area contributed by atoms with Crippen LogP contribution in [0.2, 0.25) is 0 Å². The number of carbonyl (C=O) groups excluding carboxylic acids is 1. The lowest BCUT2D eigenvalue weighted by molar-refractivity contribution is -0.129. The first-order valence-electron chi connectivity index (χ1n) is 5.00. The third-order valence-electron chi connectivity index (χ3n) is 1.94. The van der Waals surface area contributed by atoms with Gasteiger partial charge in [0.25, 0.3) is 0 Å². The molecule has 1 unspecified atom stereocenters. The quantitative estimate of drug-likeness (QED) is 0.660. The molecule has 0 aromatic rings. The molecule has 0 aromatic carbocycles. The molecule has 0 aliphatic carbocycles. The minimum atomic E-state index is -0.203. The van der Waals surface area contributed by atoms with Gasteiger partial charge in [-0.25, -0.2) is 0 Å². The van der Waals surface area contributed by atoms with Crippen molar-refractivity contribution < 1.29 is 9.53 Å². The van der Waals surface area contributed by atoms with Gasteiger partial charge < -0.3 is 4.74 Å². The number of carbonyl (C=O) groups is 1. The number of hydrogen-bond acceptors (Lipinski definition) is 2. The third-order valence-corrected chi connectivity index (χ3v) is 1.94. The van der Waals surface area contributed by atoms with E-state index in [1.165, 1.54) is 0 Å². The number of hydrogen-bond donors (Lipinski definition) is 0. The second kappa shape index (κ2) is 5.38. The van der Waals surface area contributed by atoms with Gasteiger partial charge in [-0.2, -0.15) is 0 Å². The minimum absolute atomic E-state index is 0.203. The first-order chi connectivity index (χ1) is 5.85. The zero-order valence-electron chi connectivity index (χ0n) is 9.52. The lowest BCUT2D eigenvalue weighted by Gasteiger charge is -2.19. The van der Waals surface area contributed by atoms with Gasteiger partial charge in [-0.05, 0) is 26.7 Å². The Morgan fingerprint density at radius 3 is 2.31 bits per heavy atom. The summed E-state index contributed by atoms with van der Waals surface area (Å²) in [6, 6.07) is 0. The Labute approximate surface area is 81.7 Å². The second-order valence-corrected chi connectivity index (χ2v) is 4.66. The molecule has 2 nitrogen and oxygen atoms in total. The lowest BCUT2D eigenvalue weighted by Crippen LogP contribution is -2.24. The summed E-state index contributed by atoms with van der Waals surface area (Å²) in [7, 11) is 0. The highest BCUT2D eigenvalue weighted by molar-refractivity contribution is 5.79. The summed E-state index contributed by atoms with van der Waals surface area (Å²) in [5.41, 5.74) is -0.203. The van der Waals surface area contributed by atoms with Crippen LogP contribution in [-0.4, -0.2) is 18.0 Å². The Bertz CT molecular complexity index is 156. The lowest BCUT2D eigenvalue weighted by atomic mass is 10.0. The Kier molecular flexibility index (Phi) is 5.23. The van der Waals surface area contributed by atoms with E-state index in [1.54, 1.807) is 0 Å². The fourth-order valence-electron chi connectivity index (χ4n) is 0.889. The molecule has 2 heteroatoms. The summed E-state index contributed by atoms with van der Waals surface area (Å²) in [4.78, 5) is 11.3. The van der Waals surface area contributed by atoms with E-state index >= 15 is 0 Å². The molecular formula is C11H22O2. The highest BCUT2D eigenvalue weighted by Gasteiger charge is 2.14.